The van der Waals surface area contributed by atoms with Gasteiger partial charge in [-0.3, -0.25) is 10.1 Å². The molecule has 94 valence electrons. The Morgan fingerprint density at radius 2 is 2.18 bits per heavy atom. The van der Waals surface area contributed by atoms with E-state index in [2.05, 4.69) is 11.8 Å². The van der Waals surface area contributed by atoms with Crippen LogP contribution in [0, 0.1) is 10.1 Å². The molecule has 0 atom stereocenters. The zero-order valence-electron chi connectivity index (χ0n) is 10.3. The molecular formula is C12H19N3O2. The fourth-order valence-corrected chi connectivity index (χ4v) is 1.64. The molecule has 0 saturated carbocycles. The van der Waals surface area contributed by atoms with Gasteiger partial charge < -0.3 is 10.6 Å². The van der Waals surface area contributed by atoms with Gasteiger partial charge in [0.15, 0.2) is 0 Å². The van der Waals surface area contributed by atoms with E-state index in [0.29, 0.717) is 12.2 Å². The number of anilines is 1. The van der Waals surface area contributed by atoms with E-state index in [0.717, 1.165) is 24.9 Å². The Morgan fingerprint density at radius 3 is 2.76 bits per heavy atom. The van der Waals surface area contributed by atoms with Gasteiger partial charge in [0.1, 0.15) is 0 Å². The number of hydrogen-bond donors (Lipinski definition) is 1. The van der Waals surface area contributed by atoms with Crippen molar-refractivity contribution in [2.24, 2.45) is 0 Å². The second-order valence-corrected chi connectivity index (χ2v) is 4.23. The van der Waals surface area contributed by atoms with Crippen molar-refractivity contribution in [3.63, 3.8) is 0 Å². The van der Waals surface area contributed by atoms with Crippen molar-refractivity contribution in [3.8, 4) is 0 Å². The smallest absolute Gasteiger partial charge is 0.269 e. The van der Waals surface area contributed by atoms with Crippen LogP contribution < -0.4 is 5.73 Å². The van der Waals surface area contributed by atoms with E-state index in [1.165, 1.54) is 6.07 Å². The molecule has 0 radical (unpaired) electrons. The number of benzene rings is 1. The van der Waals surface area contributed by atoms with E-state index in [-0.39, 0.29) is 5.69 Å². The van der Waals surface area contributed by atoms with E-state index in [1.54, 1.807) is 12.1 Å². The molecule has 0 saturated heterocycles. The minimum Gasteiger partial charge on any atom is -0.398 e. The molecule has 5 heteroatoms. The van der Waals surface area contributed by atoms with Crippen LogP contribution >= 0.6 is 0 Å². The Balaban J connectivity index is 2.75. The number of hydrogen-bond acceptors (Lipinski definition) is 4. The predicted octanol–water partition coefficient (Wildman–Crippen LogP) is 2.41. The molecule has 0 spiro atoms. The molecule has 0 aliphatic carbocycles. The third kappa shape index (κ3) is 4.03. The standard InChI is InChI=1S/C12H19N3O2/c1-3-4-7-14(2)9-10-8-11(15(16)17)5-6-12(10)13/h5-6,8H,3-4,7,9,13H2,1-2H3. The van der Waals surface area contributed by atoms with Crippen LogP contribution in [0.5, 0.6) is 0 Å². The fourth-order valence-electron chi connectivity index (χ4n) is 1.64. The average Bonchev–Trinajstić information content (AvgIpc) is 2.29. The van der Waals surface area contributed by atoms with Crippen LogP contribution in [-0.4, -0.2) is 23.4 Å². The summed E-state index contributed by atoms with van der Waals surface area (Å²) in [7, 11) is 1.99. The maximum atomic E-state index is 10.7. The summed E-state index contributed by atoms with van der Waals surface area (Å²) in [5.74, 6) is 0. The molecule has 0 heterocycles. The fraction of sp³-hybridized carbons (Fsp3) is 0.500. The maximum absolute atomic E-state index is 10.7. The van der Waals surface area contributed by atoms with E-state index in [9.17, 15) is 10.1 Å². The lowest BCUT2D eigenvalue weighted by atomic mass is 10.1. The van der Waals surface area contributed by atoms with E-state index in [1.807, 2.05) is 7.05 Å². The summed E-state index contributed by atoms with van der Waals surface area (Å²) in [5.41, 5.74) is 7.34. The molecule has 2 N–H and O–H groups in total. The number of unbranched alkanes of at least 4 members (excludes halogenated alkanes) is 1. The first-order valence-corrected chi connectivity index (χ1v) is 5.76. The SMILES string of the molecule is CCCCN(C)Cc1cc([N+](=O)[O-])ccc1N. The summed E-state index contributed by atoms with van der Waals surface area (Å²) >= 11 is 0. The Kier molecular flexibility index (Phi) is 4.90. The number of rotatable bonds is 6. The number of nitrogens with two attached hydrogens (primary N) is 1. The van der Waals surface area contributed by atoms with Crippen molar-refractivity contribution >= 4 is 11.4 Å². The largest absolute Gasteiger partial charge is 0.398 e. The normalized spacial score (nSPS) is 10.8. The number of nitrogen functional groups attached to an aromatic ring is 1. The van der Waals surface area contributed by atoms with Crippen LogP contribution in [0.2, 0.25) is 0 Å². The lowest BCUT2D eigenvalue weighted by Gasteiger charge is -2.17. The van der Waals surface area contributed by atoms with Crippen molar-refractivity contribution < 1.29 is 4.92 Å². The first-order valence-electron chi connectivity index (χ1n) is 5.76. The zero-order chi connectivity index (χ0) is 12.8. The van der Waals surface area contributed by atoms with Crippen LogP contribution in [0.25, 0.3) is 0 Å². The van der Waals surface area contributed by atoms with Crippen LogP contribution in [0.1, 0.15) is 25.3 Å². The summed E-state index contributed by atoms with van der Waals surface area (Å²) in [5, 5.41) is 10.7. The van der Waals surface area contributed by atoms with Crippen LogP contribution in [0.15, 0.2) is 18.2 Å². The van der Waals surface area contributed by atoms with Gasteiger partial charge in [-0.1, -0.05) is 13.3 Å². The minimum atomic E-state index is -0.394. The topological polar surface area (TPSA) is 72.4 Å². The monoisotopic (exact) mass is 237 g/mol. The van der Waals surface area contributed by atoms with Gasteiger partial charge in [-0.25, -0.2) is 0 Å². The Labute approximate surface area is 101 Å². The van der Waals surface area contributed by atoms with Crippen LogP contribution in [0.3, 0.4) is 0 Å². The van der Waals surface area contributed by atoms with Gasteiger partial charge >= 0.3 is 0 Å². The molecule has 0 aliphatic heterocycles. The van der Waals surface area contributed by atoms with Gasteiger partial charge in [0.05, 0.1) is 4.92 Å². The quantitative estimate of drug-likeness (QED) is 0.468. The zero-order valence-corrected chi connectivity index (χ0v) is 10.3. The Bertz CT molecular complexity index is 393. The molecule has 1 rings (SSSR count). The van der Waals surface area contributed by atoms with E-state index < -0.39 is 4.92 Å². The number of nitro groups is 1. The van der Waals surface area contributed by atoms with Gasteiger partial charge in [-0.2, -0.15) is 0 Å². The lowest BCUT2D eigenvalue weighted by Crippen LogP contribution is -2.19. The number of nitrogens with zero attached hydrogens (tertiary/aromatic N) is 2. The second-order valence-electron chi connectivity index (χ2n) is 4.23. The summed E-state index contributed by atoms with van der Waals surface area (Å²) in [6.45, 7) is 3.75. The highest BCUT2D eigenvalue weighted by atomic mass is 16.6. The van der Waals surface area contributed by atoms with Gasteiger partial charge in [-0.15, -0.1) is 0 Å². The molecular weight excluding hydrogens is 218 g/mol. The van der Waals surface area contributed by atoms with Gasteiger partial charge in [0.2, 0.25) is 0 Å². The van der Waals surface area contributed by atoms with Crippen molar-refractivity contribution in [1.82, 2.24) is 4.90 Å². The minimum absolute atomic E-state index is 0.0955. The molecule has 0 aliphatic rings. The first-order chi connectivity index (χ1) is 8.04. The predicted molar refractivity (Wildman–Crippen MR) is 68.8 cm³/mol. The van der Waals surface area contributed by atoms with Crippen molar-refractivity contribution in [2.45, 2.75) is 26.3 Å². The average molecular weight is 237 g/mol. The second kappa shape index (κ2) is 6.20. The lowest BCUT2D eigenvalue weighted by molar-refractivity contribution is -0.384. The first kappa shape index (κ1) is 13.4. The van der Waals surface area contributed by atoms with Gasteiger partial charge in [0.25, 0.3) is 5.69 Å². The van der Waals surface area contributed by atoms with E-state index in [4.69, 9.17) is 5.73 Å². The molecule has 0 unspecified atom stereocenters. The highest BCUT2D eigenvalue weighted by molar-refractivity contribution is 5.52. The third-order valence-electron chi connectivity index (χ3n) is 2.67. The van der Waals surface area contributed by atoms with Crippen molar-refractivity contribution in [2.75, 3.05) is 19.3 Å². The highest BCUT2D eigenvalue weighted by Crippen LogP contribution is 2.20. The molecule has 0 fully saturated rings. The third-order valence-corrected chi connectivity index (χ3v) is 2.67. The van der Waals surface area contributed by atoms with E-state index >= 15 is 0 Å². The summed E-state index contributed by atoms with van der Waals surface area (Å²) in [6, 6.07) is 4.59. The van der Waals surface area contributed by atoms with Crippen molar-refractivity contribution in [1.29, 1.82) is 0 Å². The van der Waals surface area contributed by atoms with Crippen LogP contribution in [-0.2, 0) is 6.54 Å². The van der Waals surface area contributed by atoms with Gasteiger partial charge in [-0.05, 0) is 31.6 Å². The van der Waals surface area contributed by atoms with Crippen molar-refractivity contribution in [3.05, 3.63) is 33.9 Å². The molecule has 1 aromatic rings. The summed E-state index contributed by atoms with van der Waals surface area (Å²) < 4.78 is 0. The molecule has 0 bridgehead atoms. The van der Waals surface area contributed by atoms with Crippen LogP contribution in [0.4, 0.5) is 11.4 Å². The molecule has 17 heavy (non-hydrogen) atoms. The summed E-state index contributed by atoms with van der Waals surface area (Å²) in [6.07, 6.45) is 2.25. The molecule has 0 amide bonds. The van der Waals surface area contributed by atoms with Gasteiger partial charge in [0, 0.05) is 24.4 Å². The number of non-ortho nitro benzene ring substituents is 1. The highest BCUT2D eigenvalue weighted by Gasteiger charge is 2.10. The summed E-state index contributed by atoms with van der Waals surface area (Å²) in [4.78, 5) is 12.4. The number of nitro benzene ring substituents is 1. The molecule has 5 nitrogen and oxygen atoms in total. The maximum Gasteiger partial charge on any atom is 0.269 e. The molecule has 0 aromatic heterocycles. The Hall–Kier alpha value is -1.62. The molecule has 1 aromatic carbocycles. The Morgan fingerprint density at radius 1 is 1.47 bits per heavy atom.